The molecule has 0 saturated heterocycles. The Morgan fingerprint density at radius 3 is 2.20 bits per heavy atom. The molecule has 0 aliphatic rings. The Hall–Kier alpha value is -0.790. The lowest BCUT2D eigenvalue weighted by atomic mass is 10.7. The van der Waals surface area contributed by atoms with E-state index in [0.717, 1.165) is 0 Å². The molecule has 5 heavy (non-hydrogen) atoms. The number of hydrogen-bond acceptors (Lipinski definition) is 2. The number of hydrogen-bond donors (Lipinski definition) is 1. The molecule has 0 saturated carbocycles. The molecular formula is C3H5NO. The summed E-state index contributed by atoms with van der Waals surface area (Å²) in [7, 11) is 0. The SMILES string of the molecule is N/C=C\C=O. The maximum absolute atomic E-state index is 9.24. The van der Waals surface area contributed by atoms with Crippen molar-refractivity contribution in [3.8, 4) is 0 Å². The molecule has 0 fully saturated rings. The minimum atomic E-state index is 0.625. The Kier molecular flexibility index (Phi) is 2.70. The third-order valence-electron chi connectivity index (χ3n) is 0.190. The average molecular weight is 71.1 g/mol. The highest BCUT2D eigenvalue weighted by Gasteiger charge is 1.48. The van der Waals surface area contributed by atoms with Crippen molar-refractivity contribution in [1.29, 1.82) is 0 Å². The molecule has 2 heteroatoms. The molecule has 0 amide bonds. The van der Waals surface area contributed by atoms with E-state index >= 15 is 0 Å². The van der Waals surface area contributed by atoms with Crippen LogP contribution in [0, 0.1) is 0 Å². The monoisotopic (exact) mass is 71.0 g/mol. The van der Waals surface area contributed by atoms with Gasteiger partial charge in [-0.05, 0) is 12.3 Å². The Morgan fingerprint density at radius 2 is 2.20 bits per heavy atom. The van der Waals surface area contributed by atoms with E-state index in [1.165, 1.54) is 12.3 Å². The zero-order chi connectivity index (χ0) is 4.12. The van der Waals surface area contributed by atoms with E-state index in [9.17, 15) is 4.79 Å². The minimum absolute atomic E-state index is 0.625. The second-order valence-electron chi connectivity index (χ2n) is 0.521. The summed E-state index contributed by atoms with van der Waals surface area (Å²) >= 11 is 0. The van der Waals surface area contributed by atoms with Crippen molar-refractivity contribution in [3.63, 3.8) is 0 Å². The molecule has 0 atom stereocenters. The summed E-state index contributed by atoms with van der Waals surface area (Å²) in [4.78, 5) is 9.24. The predicted octanol–water partition coefficient (Wildman–Crippen LogP) is -0.342. The third kappa shape index (κ3) is 3.21. The first-order chi connectivity index (χ1) is 2.41. The fourth-order valence-electron chi connectivity index (χ4n) is 0.0454. The second-order valence-corrected chi connectivity index (χ2v) is 0.521. The van der Waals surface area contributed by atoms with Crippen LogP contribution in [0.15, 0.2) is 12.3 Å². The van der Waals surface area contributed by atoms with Gasteiger partial charge in [-0.25, -0.2) is 0 Å². The van der Waals surface area contributed by atoms with E-state index in [0.29, 0.717) is 6.29 Å². The lowest BCUT2D eigenvalue weighted by Crippen LogP contribution is -1.73. The zero-order valence-electron chi connectivity index (χ0n) is 2.72. The molecule has 0 heterocycles. The Labute approximate surface area is 30.3 Å². The summed E-state index contributed by atoms with van der Waals surface area (Å²) in [6.07, 6.45) is 3.03. The Morgan fingerprint density at radius 1 is 1.60 bits per heavy atom. The number of rotatable bonds is 1. The van der Waals surface area contributed by atoms with Crippen molar-refractivity contribution in [2.45, 2.75) is 0 Å². The molecular weight excluding hydrogens is 66.0 g/mol. The first-order valence-corrected chi connectivity index (χ1v) is 1.24. The van der Waals surface area contributed by atoms with Gasteiger partial charge < -0.3 is 5.73 Å². The summed E-state index contributed by atoms with van der Waals surface area (Å²) < 4.78 is 0. The molecule has 0 unspecified atom stereocenters. The van der Waals surface area contributed by atoms with Crippen molar-refractivity contribution in [2.24, 2.45) is 5.73 Å². The average Bonchev–Trinajstić information content (AvgIpc) is 1.41. The second kappa shape index (κ2) is 3.21. The largest absolute Gasteiger partial charge is 0.405 e. The molecule has 2 N–H and O–H groups in total. The molecule has 0 bridgehead atoms. The van der Waals surface area contributed by atoms with Crippen molar-refractivity contribution in [3.05, 3.63) is 12.3 Å². The number of aldehydes is 1. The molecule has 0 aromatic carbocycles. The van der Waals surface area contributed by atoms with Crippen LogP contribution in [0.1, 0.15) is 0 Å². The van der Waals surface area contributed by atoms with E-state index in [-0.39, 0.29) is 0 Å². The molecule has 0 spiro atoms. The zero-order valence-corrected chi connectivity index (χ0v) is 2.72. The van der Waals surface area contributed by atoms with Gasteiger partial charge >= 0.3 is 0 Å². The molecule has 0 aliphatic carbocycles. The first kappa shape index (κ1) is 4.21. The van der Waals surface area contributed by atoms with Crippen LogP contribution in [0.4, 0.5) is 0 Å². The van der Waals surface area contributed by atoms with Crippen molar-refractivity contribution in [1.82, 2.24) is 0 Å². The first-order valence-electron chi connectivity index (χ1n) is 1.24. The van der Waals surface area contributed by atoms with Crippen molar-refractivity contribution >= 4 is 6.29 Å². The van der Waals surface area contributed by atoms with Gasteiger partial charge in [-0.3, -0.25) is 4.79 Å². The normalized spacial score (nSPS) is 8.80. The van der Waals surface area contributed by atoms with Gasteiger partial charge in [0.05, 0.1) is 0 Å². The molecule has 0 aliphatic heterocycles. The van der Waals surface area contributed by atoms with Gasteiger partial charge in [0, 0.05) is 0 Å². The van der Waals surface area contributed by atoms with Crippen LogP contribution in [-0.2, 0) is 4.79 Å². The van der Waals surface area contributed by atoms with Gasteiger partial charge in [0.2, 0.25) is 0 Å². The highest BCUT2D eigenvalue weighted by molar-refractivity contribution is 5.64. The molecule has 0 rings (SSSR count). The predicted molar refractivity (Wildman–Crippen MR) is 19.4 cm³/mol. The maximum atomic E-state index is 9.24. The molecule has 28 valence electrons. The highest BCUT2D eigenvalue weighted by atomic mass is 16.1. The van der Waals surface area contributed by atoms with Crippen LogP contribution in [-0.4, -0.2) is 6.29 Å². The van der Waals surface area contributed by atoms with E-state index in [1.54, 1.807) is 0 Å². The maximum Gasteiger partial charge on any atom is 0.144 e. The van der Waals surface area contributed by atoms with Crippen LogP contribution in [0.5, 0.6) is 0 Å². The topological polar surface area (TPSA) is 43.1 Å². The van der Waals surface area contributed by atoms with Crippen LogP contribution >= 0.6 is 0 Å². The number of nitrogens with two attached hydrogens (primary N) is 1. The quantitative estimate of drug-likeness (QED) is 0.339. The molecule has 0 aromatic rings. The highest BCUT2D eigenvalue weighted by Crippen LogP contribution is 1.44. The Balaban J connectivity index is 2.92. The fraction of sp³-hybridized carbons (Fsp3) is 0. The van der Waals surface area contributed by atoms with Crippen LogP contribution in [0.3, 0.4) is 0 Å². The van der Waals surface area contributed by atoms with Crippen molar-refractivity contribution in [2.75, 3.05) is 0 Å². The minimum Gasteiger partial charge on any atom is -0.405 e. The lowest BCUT2D eigenvalue weighted by Gasteiger charge is -1.54. The van der Waals surface area contributed by atoms with Gasteiger partial charge in [-0.1, -0.05) is 0 Å². The number of allylic oxidation sites excluding steroid dienone is 1. The summed E-state index contributed by atoms with van der Waals surface area (Å²) in [6.45, 7) is 0. The van der Waals surface area contributed by atoms with E-state index < -0.39 is 0 Å². The number of carbonyl (C=O) groups is 1. The summed E-state index contributed by atoms with van der Waals surface area (Å²) in [5.74, 6) is 0. The van der Waals surface area contributed by atoms with E-state index in [1.807, 2.05) is 0 Å². The van der Waals surface area contributed by atoms with Gasteiger partial charge in [0.15, 0.2) is 0 Å². The summed E-state index contributed by atoms with van der Waals surface area (Å²) in [6, 6.07) is 0. The van der Waals surface area contributed by atoms with Gasteiger partial charge in [-0.2, -0.15) is 0 Å². The van der Waals surface area contributed by atoms with E-state index in [4.69, 9.17) is 5.73 Å². The third-order valence-corrected chi connectivity index (χ3v) is 0.190. The standard InChI is InChI=1S/C3H5NO/c4-2-1-3-5/h1-3H,4H2/b2-1-. The van der Waals surface area contributed by atoms with Crippen LogP contribution in [0.25, 0.3) is 0 Å². The van der Waals surface area contributed by atoms with E-state index in [2.05, 4.69) is 0 Å². The molecule has 2 nitrogen and oxygen atoms in total. The van der Waals surface area contributed by atoms with Crippen LogP contribution < -0.4 is 5.73 Å². The molecule has 0 aromatic heterocycles. The lowest BCUT2D eigenvalue weighted by molar-refractivity contribution is -0.104. The number of carbonyl (C=O) groups excluding carboxylic acids is 1. The smallest absolute Gasteiger partial charge is 0.144 e. The fourth-order valence-corrected chi connectivity index (χ4v) is 0.0454. The van der Waals surface area contributed by atoms with Gasteiger partial charge in [0.25, 0.3) is 0 Å². The summed E-state index contributed by atoms with van der Waals surface area (Å²) in [5.41, 5.74) is 4.73. The van der Waals surface area contributed by atoms with Crippen molar-refractivity contribution < 1.29 is 4.79 Å². The molecule has 0 radical (unpaired) electrons. The Bertz CT molecular complexity index is 48.9. The van der Waals surface area contributed by atoms with Gasteiger partial charge in [0.1, 0.15) is 6.29 Å². The summed E-state index contributed by atoms with van der Waals surface area (Å²) in [5, 5.41) is 0. The van der Waals surface area contributed by atoms with Gasteiger partial charge in [-0.15, -0.1) is 0 Å². The van der Waals surface area contributed by atoms with Crippen LogP contribution in [0.2, 0.25) is 0 Å².